The molecule has 0 radical (unpaired) electrons. The molecule has 1 amide bonds. The van der Waals surface area contributed by atoms with Crippen LogP contribution in [0.3, 0.4) is 0 Å². The van der Waals surface area contributed by atoms with Crippen LogP contribution in [0.2, 0.25) is 0 Å². The lowest BCUT2D eigenvalue weighted by atomic mass is 10.2. The third kappa shape index (κ3) is 5.92. The molecule has 1 saturated carbocycles. The second-order valence-electron chi connectivity index (χ2n) is 5.03. The molecule has 1 aliphatic carbocycles. The van der Waals surface area contributed by atoms with E-state index >= 15 is 0 Å². The molecule has 19 heavy (non-hydrogen) atoms. The second-order valence-corrected chi connectivity index (χ2v) is 5.03. The highest BCUT2D eigenvalue weighted by molar-refractivity contribution is 5.84. The van der Waals surface area contributed by atoms with Crippen molar-refractivity contribution in [2.24, 2.45) is 10.9 Å². The molecule has 0 aromatic heterocycles. The van der Waals surface area contributed by atoms with Gasteiger partial charge in [-0.3, -0.25) is 4.79 Å². The second kappa shape index (κ2) is 7.99. The summed E-state index contributed by atoms with van der Waals surface area (Å²) < 4.78 is 5.23. The fourth-order valence-electron chi connectivity index (χ4n) is 1.76. The molecule has 6 heteroatoms. The zero-order valence-electron chi connectivity index (χ0n) is 12.4. The molecule has 110 valence electrons. The first-order chi connectivity index (χ1) is 9.08. The number of ether oxygens (including phenoxy) is 1. The zero-order valence-corrected chi connectivity index (χ0v) is 12.4. The van der Waals surface area contributed by atoms with E-state index in [2.05, 4.69) is 15.6 Å². The molecule has 1 fully saturated rings. The van der Waals surface area contributed by atoms with Gasteiger partial charge >= 0.3 is 0 Å². The third-order valence-electron chi connectivity index (χ3n) is 3.07. The topological polar surface area (TPSA) is 66.0 Å². The summed E-state index contributed by atoms with van der Waals surface area (Å²) in [5, 5.41) is 6.52. The molecule has 6 nitrogen and oxygen atoms in total. The molecule has 0 heterocycles. The fraction of sp³-hybridized carbons (Fsp3) is 0.846. The highest BCUT2D eigenvalue weighted by Gasteiger charge is 2.31. The van der Waals surface area contributed by atoms with Gasteiger partial charge in [0, 0.05) is 27.7 Å². The predicted octanol–water partition coefficient (Wildman–Crippen LogP) is 0.0547. The average Bonchev–Trinajstić information content (AvgIpc) is 3.19. The van der Waals surface area contributed by atoms with Gasteiger partial charge in [0.15, 0.2) is 5.96 Å². The van der Waals surface area contributed by atoms with E-state index in [4.69, 9.17) is 4.74 Å². The number of rotatable bonds is 7. The van der Waals surface area contributed by atoms with E-state index in [1.54, 1.807) is 26.1 Å². The molecule has 1 atom stereocenters. The number of guanidine groups is 1. The molecule has 0 aromatic carbocycles. The van der Waals surface area contributed by atoms with E-state index in [1.165, 1.54) is 12.8 Å². The summed E-state index contributed by atoms with van der Waals surface area (Å²) in [5.74, 6) is 1.34. The first-order valence-electron chi connectivity index (χ1n) is 6.82. The van der Waals surface area contributed by atoms with Crippen molar-refractivity contribution in [1.29, 1.82) is 0 Å². The maximum Gasteiger partial charge on any atom is 0.243 e. The van der Waals surface area contributed by atoms with Crippen LogP contribution in [0.1, 0.15) is 19.8 Å². The maximum absolute atomic E-state index is 11.5. The van der Waals surface area contributed by atoms with Crippen LogP contribution in [0.5, 0.6) is 0 Å². The van der Waals surface area contributed by atoms with Crippen LogP contribution in [0, 0.1) is 5.92 Å². The van der Waals surface area contributed by atoms with E-state index in [-0.39, 0.29) is 18.5 Å². The molecule has 2 N–H and O–H groups in total. The summed E-state index contributed by atoms with van der Waals surface area (Å²) in [6, 6.07) is 0.275. The van der Waals surface area contributed by atoms with Crippen LogP contribution in [-0.4, -0.2) is 63.7 Å². The van der Waals surface area contributed by atoms with Crippen LogP contribution in [0.25, 0.3) is 0 Å². The summed E-state index contributed by atoms with van der Waals surface area (Å²) in [4.78, 5) is 17.4. The molecule has 1 unspecified atom stereocenters. The van der Waals surface area contributed by atoms with Gasteiger partial charge in [0.25, 0.3) is 0 Å². The van der Waals surface area contributed by atoms with Crippen LogP contribution in [0.15, 0.2) is 4.99 Å². The van der Waals surface area contributed by atoms with Gasteiger partial charge in [-0.25, -0.2) is 4.99 Å². The minimum atomic E-state index is -0.00748. The normalized spacial score (nSPS) is 16.9. The quantitative estimate of drug-likeness (QED) is 0.507. The molecule has 1 rings (SSSR count). The highest BCUT2D eigenvalue weighted by atomic mass is 16.5. The van der Waals surface area contributed by atoms with Crippen molar-refractivity contribution < 1.29 is 9.53 Å². The number of nitrogens with zero attached hydrogens (tertiary/aromatic N) is 2. The van der Waals surface area contributed by atoms with Crippen molar-refractivity contribution in [3.8, 4) is 0 Å². The summed E-state index contributed by atoms with van der Waals surface area (Å²) in [7, 11) is 5.17. The van der Waals surface area contributed by atoms with Crippen molar-refractivity contribution >= 4 is 11.9 Å². The van der Waals surface area contributed by atoms with Gasteiger partial charge in [-0.15, -0.1) is 0 Å². The van der Waals surface area contributed by atoms with Gasteiger partial charge in [0.2, 0.25) is 5.91 Å². The first-order valence-corrected chi connectivity index (χ1v) is 6.82. The van der Waals surface area contributed by atoms with E-state index in [1.807, 2.05) is 6.92 Å². The van der Waals surface area contributed by atoms with Crippen LogP contribution in [0.4, 0.5) is 0 Å². The van der Waals surface area contributed by atoms with E-state index < -0.39 is 0 Å². The summed E-state index contributed by atoms with van der Waals surface area (Å²) >= 11 is 0. The summed E-state index contributed by atoms with van der Waals surface area (Å²) in [6.07, 6.45) is 2.47. The number of carbonyl (C=O) groups excluding carboxylic acids is 1. The van der Waals surface area contributed by atoms with E-state index in [9.17, 15) is 4.79 Å². The lowest BCUT2D eigenvalue weighted by Crippen LogP contribution is -2.46. The summed E-state index contributed by atoms with van der Waals surface area (Å²) in [5.41, 5.74) is 0. The Morgan fingerprint density at radius 2 is 2.16 bits per heavy atom. The van der Waals surface area contributed by atoms with Crippen LogP contribution < -0.4 is 10.6 Å². The highest BCUT2D eigenvalue weighted by Crippen LogP contribution is 2.32. The number of methoxy groups -OCH3 is 1. The van der Waals surface area contributed by atoms with Crippen molar-refractivity contribution in [1.82, 2.24) is 15.5 Å². The molecule has 0 saturated heterocycles. The number of aliphatic imine (C=N–C) groups is 1. The number of amides is 1. The third-order valence-corrected chi connectivity index (χ3v) is 3.07. The number of hydrogen-bond acceptors (Lipinski definition) is 3. The Kier molecular flexibility index (Phi) is 6.62. The zero-order chi connectivity index (χ0) is 14.3. The van der Waals surface area contributed by atoms with Gasteiger partial charge in [-0.05, 0) is 25.7 Å². The Balaban J connectivity index is 2.54. The van der Waals surface area contributed by atoms with E-state index in [0.717, 1.165) is 6.54 Å². The van der Waals surface area contributed by atoms with Crippen LogP contribution >= 0.6 is 0 Å². The summed E-state index contributed by atoms with van der Waals surface area (Å²) in [6.45, 7) is 3.60. The molecular weight excluding hydrogens is 244 g/mol. The number of hydrogen-bond donors (Lipinski definition) is 2. The SMILES string of the molecule is CCNC(=NCC(=O)N(C)C)NC(COC)C1CC1. The largest absolute Gasteiger partial charge is 0.383 e. The van der Waals surface area contributed by atoms with E-state index in [0.29, 0.717) is 18.5 Å². The molecule has 1 aliphatic rings. The van der Waals surface area contributed by atoms with Crippen molar-refractivity contribution in [2.45, 2.75) is 25.8 Å². The lowest BCUT2D eigenvalue weighted by molar-refractivity contribution is -0.127. The van der Waals surface area contributed by atoms with Gasteiger partial charge < -0.3 is 20.3 Å². The first kappa shape index (κ1) is 15.8. The van der Waals surface area contributed by atoms with Gasteiger partial charge in [0.05, 0.1) is 12.6 Å². The van der Waals surface area contributed by atoms with Crippen molar-refractivity contribution in [2.75, 3.05) is 40.9 Å². The average molecular weight is 270 g/mol. The van der Waals surface area contributed by atoms with Crippen LogP contribution in [-0.2, 0) is 9.53 Å². The maximum atomic E-state index is 11.5. The van der Waals surface area contributed by atoms with Gasteiger partial charge in [-0.2, -0.15) is 0 Å². The minimum Gasteiger partial charge on any atom is -0.383 e. The van der Waals surface area contributed by atoms with Crippen molar-refractivity contribution in [3.63, 3.8) is 0 Å². The molecule has 0 aliphatic heterocycles. The molecular formula is C13H26N4O2. The number of carbonyl (C=O) groups is 1. The molecule has 0 spiro atoms. The van der Waals surface area contributed by atoms with Gasteiger partial charge in [0.1, 0.15) is 6.54 Å². The smallest absolute Gasteiger partial charge is 0.243 e. The lowest BCUT2D eigenvalue weighted by Gasteiger charge is -2.20. The molecule has 0 aromatic rings. The minimum absolute atomic E-state index is 0.00748. The standard InChI is InChI=1S/C13H26N4O2/c1-5-14-13(15-8-12(18)17(2)3)16-11(9-19-4)10-6-7-10/h10-11H,5-9H2,1-4H3,(H2,14,15,16). The Hall–Kier alpha value is -1.30. The predicted molar refractivity (Wildman–Crippen MR) is 76.2 cm³/mol. The fourth-order valence-corrected chi connectivity index (χ4v) is 1.76. The van der Waals surface area contributed by atoms with Crippen molar-refractivity contribution in [3.05, 3.63) is 0 Å². The number of nitrogens with one attached hydrogen (secondary N) is 2. The number of likely N-dealkylation sites (N-methyl/N-ethyl adjacent to an activating group) is 1. The Labute approximate surface area is 115 Å². The Morgan fingerprint density at radius 1 is 1.47 bits per heavy atom. The van der Waals surface area contributed by atoms with Gasteiger partial charge in [-0.1, -0.05) is 0 Å². The molecule has 0 bridgehead atoms. The monoisotopic (exact) mass is 270 g/mol. The Bertz CT molecular complexity index is 314. The Morgan fingerprint density at radius 3 is 2.63 bits per heavy atom.